The highest BCUT2D eigenvalue weighted by Gasteiger charge is 2.35. The van der Waals surface area contributed by atoms with Gasteiger partial charge in [-0.2, -0.15) is 0 Å². The van der Waals surface area contributed by atoms with E-state index in [0.717, 1.165) is 18.2 Å². The number of nitrogens with two attached hydrogens (primary N) is 1. The van der Waals surface area contributed by atoms with Gasteiger partial charge in [0.05, 0.1) is 6.04 Å². The number of nitrogens with zero attached hydrogens (tertiary/aromatic N) is 2. The maximum Gasteiger partial charge on any atom is 0.239 e. The van der Waals surface area contributed by atoms with Gasteiger partial charge in [-0.15, -0.1) is 0 Å². The number of thioether (sulfide) groups is 1. The van der Waals surface area contributed by atoms with Gasteiger partial charge < -0.3 is 10.6 Å². The lowest BCUT2D eigenvalue weighted by molar-refractivity contribution is -0.136. The third-order valence-electron chi connectivity index (χ3n) is 3.04. The van der Waals surface area contributed by atoms with Gasteiger partial charge >= 0.3 is 0 Å². The van der Waals surface area contributed by atoms with Crippen LogP contribution in [0, 0.1) is 0 Å². The van der Waals surface area contributed by atoms with Crippen molar-refractivity contribution in [2.24, 2.45) is 5.73 Å². The zero-order chi connectivity index (χ0) is 13.8. The average Bonchev–Trinajstić information content (AvgIpc) is 2.88. The average molecular weight is 279 g/mol. The number of carbonyl (C=O) groups is 2. The molecular weight excluding hydrogens is 262 g/mol. The summed E-state index contributed by atoms with van der Waals surface area (Å²) in [4.78, 5) is 29.9. The second-order valence-corrected chi connectivity index (χ2v) is 5.59. The number of likely N-dealkylation sites (tertiary alicyclic amines) is 1. The van der Waals surface area contributed by atoms with Crippen LogP contribution in [0.1, 0.15) is 19.8 Å². The Morgan fingerprint density at radius 2 is 2.32 bits per heavy atom. The maximum atomic E-state index is 12.2. The monoisotopic (exact) mass is 279 g/mol. The Morgan fingerprint density at radius 3 is 2.95 bits per heavy atom. The molecule has 0 saturated carbocycles. The first-order valence-electron chi connectivity index (χ1n) is 6.28. The SMILES string of the molecule is C[C@H](N)C(=O)N1CCC[C@H]1C(=O)Sc1ccccn1. The van der Waals surface area contributed by atoms with Crippen LogP contribution in [0.5, 0.6) is 0 Å². The number of aromatic nitrogens is 1. The van der Waals surface area contributed by atoms with Crippen molar-refractivity contribution >= 4 is 22.8 Å². The van der Waals surface area contributed by atoms with Gasteiger partial charge in [0, 0.05) is 12.7 Å². The summed E-state index contributed by atoms with van der Waals surface area (Å²) >= 11 is 1.09. The highest BCUT2D eigenvalue weighted by atomic mass is 32.2. The van der Waals surface area contributed by atoms with Crippen LogP contribution in [0.3, 0.4) is 0 Å². The van der Waals surface area contributed by atoms with Gasteiger partial charge in [0.15, 0.2) is 0 Å². The van der Waals surface area contributed by atoms with Gasteiger partial charge in [-0.05, 0) is 43.7 Å². The summed E-state index contributed by atoms with van der Waals surface area (Å²) in [7, 11) is 0. The van der Waals surface area contributed by atoms with E-state index in [2.05, 4.69) is 4.98 Å². The fraction of sp³-hybridized carbons (Fsp3) is 0.462. The molecule has 0 aliphatic carbocycles. The number of hydrogen-bond donors (Lipinski definition) is 1. The van der Waals surface area contributed by atoms with Crippen molar-refractivity contribution in [1.82, 2.24) is 9.88 Å². The van der Waals surface area contributed by atoms with Crippen LogP contribution >= 0.6 is 11.8 Å². The number of amides is 1. The van der Waals surface area contributed by atoms with Crippen molar-refractivity contribution in [3.63, 3.8) is 0 Å². The highest BCUT2D eigenvalue weighted by Crippen LogP contribution is 2.26. The van der Waals surface area contributed by atoms with Gasteiger partial charge in [-0.1, -0.05) is 6.07 Å². The van der Waals surface area contributed by atoms with Gasteiger partial charge in [0.1, 0.15) is 11.1 Å². The maximum absolute atomic E-state index is 12.2. The Labute approximate surface area is 116 Å². The van der Waals surface area contributed by atoms with Crippen LogP contribution in [0.25, 0.3) is 0 Å². The lowest BCUT2D eigenvalue weighted by atomic mass is 10.2. The molecule has 1 aromatic heterocycles. The number of hydrogen-bond acceptors (Lipinski definition) is 5. The van der Waals surface area contributed by atoms with E-state index in [1.54, 1.807) is 30.2 Å². The smallest absolute Gasteiger partial charge is 0.239 e. The molecule has 2 heterocycles. The fourth-order valence-corrected chi connectivity index (χ4v) is 2.96. The third-order valence-corrected chi connectivity index (χ3v) is 3.96. The topological polar surface area (TPSA) is 76.3 Å². The quantitative estimate of drug-likeness (QED) is 0.837. The lowest BCUT2D eigenvalue weighted by Gasteiger charge is -2.24. The molecule has 0 radical (unpaired) electrons. The second-order valence-electron chi connectivity index (χ2n) is 4.57. The summed E-state index contributed by atoms with van der Waals surface area (Å²) in [6.45, 7) is 2.26. The molecule has 1 aliphatic heterocycles. The van der Waals surface area contributed by atoms with E-state index in [0.29, 0.717) is 18.0 Å². The Kier molecular flexibility index (Phi) is 4.55. The van der Waals surface area contributed by atoms with Gasteiger partial charge in [0.25, 0.3) is 0 Å². The standard InChI is InChI=1S/C13H17N3O2S/c1-9(14)12(17)16-8-4-5-10(16)13(18)19-11-6-2-3-7-15-11/h2-3,6-7,9-10H,4-5,8,14H2,1H3/t9-,10-/m0/s1. The molecule has 0 bridgehead atoms. The molecule has 5 nitrogen and oxygen atoms in total. The van der Waals surface area contributed by atoms with Crippen LogP contribution in [0.2, 0.25) is 0 Å². The Bertz CT molecular complexity index is 464. The fourth-order valence-electron chi connectivity index (χ4n) is 2.12. The Morgan fingerprint density at radius 1 is 1.53 bits per heavy atom. The van der Waals surface area contributed by atoms with Gasteiger partial charge in [-0.3, -0.25) is 9.59 Å². The minimum Gasteiger partial charge on any atom is -0.330 e. The Balaban J connectivity index is 2.04. The molecule has 2 rings (SSSR count). The van der Waals surface area contributed by atoms with Crippen molar-refractivity contribution in [3.05, 3.63) is 24.4 Å². The largest absolute Gasteiger partial charge is 0.330 e. The predicted molar refractivity (Wildman–Crippen MR) is 73.5 cm³/mol. The minimum atomic E-state index is -0.562. The van der Waals surface area contributed by atoms with E-state index >= 15 is 0 Å². The Hall–Kier alpha value is -1.40. The molecule has 1 amide bonds. The predicted octanol–water partition coefficient (Wildman–Crippen LogP) is 1.04. The van der Waals surface area contributed by atoms with Crippen molar-refractivity contribution in [1.29, 1.82) is 0 Å². The van der Waals surface area contributed by atoms with E-state index in [1.807, 2.05) is 6.07 Å². The molecule has 0 unspecified atom stereocenters. The molecular formula is C13H17N3O2S. The lowest BCUT2D eigenvalue weighted by Crippen LogP contribution is -2.46. The van der Waals surface area contributed by atoms with Crippen molar-refractivity contribution in [2.45, 2.75) is 36.9 Å². The molecule has 1 saturated heterocycles. The molecule has 1 aromatic rings. The van der Waals surface area contributed by atoms with Gasteiger partial charge in [0.2, 0.25) is 11.0 Å². The zero-order valence-electron chi connectivity index (χ0n) is 10.8. The van der Waals surface area contributed by atoms with E-state index < -0.39 is 6.04 Å². The second kappa shape index (κ2) is 6.16. The van der Waals surface area contributed by atoms with Crippen molar-refractivity contribution in [3.8, 4) is 0 Å². The van der Waals surface area contributed by atoms with E-state index in [-0.39, 0.29) is 17.1 Å². The molecule has 2 atom stereocenters. The van der Waals surface area contributed by atoms with Crippen LogP contribution < -0.4 is 5.73 Å². The van der Waals surface area contributed by atoms with Crippen LogP contribution in [0.4, 0.5) is 0 Å². The molecule has 2 N–H and O–H groups in total. The van der Waals surface area contributed by atoms with E-state index in [9.17, 15) is 9.59 Å². The molecule has 1 aliphatic rings. The molecule has 19 heavy (non-hydrogen) atoms. The van der Waals surface area contributed by atoms with Crippen LogP contribution in [-0.2, 0) is 9.59 Å². The molecule has 0 spiro atoms. The minimum absolute atomic E-state index is 0.0369. The van der Waals surface area contributed by atoms with Crippen LogP contribution in [0.15, 0.2) is 29.4 Å². The highest BCUT2D eigenvalue weighted by molar-refractivity contribution is 8.13. The summed E-state index contributed by atoms with van der Waals surface area (Å²) in [5, 5.41) is 0.623. The molecule has 102 valence electrons. The first-order valence-corrected chi connectivity index (χ1v) is 7.10. The molecule has 6 heteroatoms. The summed E-state index contributed by atoms with van der Waals surface area (Å²) < 4.78 is 0. The third kappa shape index (κ3) is 3.33. The van der Waals surface area contributed by atoms with E-state index in [1.165, 1.54) is 0 Å². The van der Waals surface area contributed by atoms with Crippen molar-refractivity contribution in [2.75, 3.05) is 6.54 Å². The summed E-state index contributed by atoms with van der Waals surface area (Å²) in [6.07, 6.45) is 3.20. The first kappa shape index (κ1) is 14.0. The number of carbonyl (C=O) groups excluding carboxylic acids is 2. The zero-order valence-corrected chi connectivity index (χ0v) is 11.6. The number of pyridine rings is 1. The summed E-state index contributed by atoms with van der Waals surface area (Å²) in [5.41, 5.74) is 5.61. The summed E-state index contributed by atoms with van der Waals surface area (Å²) in [6, 6.07) is 4.49. The number of rotatable bonds is 3. The first-order chi connectivity index (χ1) is 9.09. The van der Waals surface area contributed by atoms with E-state index in [4.69, 9.17) is 5.73 Å². The molecule has 1 fully saturated rings. The van der Waals surface area contributed by atoms with Crippen LogP contribution in [-0.4, -0.2) is 39.5 Å². The molecule has 0 aromatic carbocycles. The summed E-state index contributed by atoms with van der Waals surface area (Å²) in [5.74, 6) is -0.155. The van der Waals surface area contributed by atoms with Gasteiger partial charge in [-0.25, -0.2) is 4.98 Å². The normalized spacial score (nSPS) is 20.3. The van der Waals surface area contributed by atoms with Crippen molar-refractivity contribution < 1.29 is 9.59 Å².